The maximum absolute atomic E-state index is 12.9. The van der Waals surface area contributed by atoms with Crippen LogP contribution in [0.4, 0.5) is 0 Å². The van der Waals surface area contributed by atoms with Crippen molar-refractivity contribution in [3.63, 3.8) is 0 Å². The summed E-state index contributed by atoms with van der Waals surface area (Å²) in [4.78, 5) is 14.9. The maximum atomic E-state index is 12.9. The van der Waals surface area contributed by atoms with Crippen LogP contribution < -0.4 is 5.32 Å². The number of rotatable bonds is 7. The van der Waals surface area contributed by atoms with E-state index >= 15 is 0 Å². The molecular formula is C17H26N3O2S-. The Morgan fingerprint density at radius 1 is 1.39 bits per heavy atom. The normalized spacial score (nSPS) is 20.5. The fraction of sp³-hybridized carbons (Fsp3) is 0.588. The van der Waals surface area contributed by atoms with Crippen LogP contribution in [0.2, 0.25) is 0 Å². The summed E-state index contributed by atoms with van der Waals surface area (Å²) in [6.45, 7) is 1.35. The minimum Gasteiger partial charge on any atom is -0.785 e. The molecule has 0 bridgehead atoms. The minimum absolute atomic E-state index is 0.0211. The van der Waals surface area contributed by atoms with E-state index in [2.05, 4.69) is 11.6 Å². The molecule has 2 rings (SSSR count). The van der Waals surface area contributed by atoms with E-state index in [1.807, 2.05) is 42.3 Å². The highest BCUT2D eigenvalue weighted by Crippen LogP contribution is 2.17. The second-order valence-corrected chi connectivity index (χ2v) is 6.87. The molecular weight excluding hydrogens is 310 g/mol. The van der Waals surface area contributed by atoms with Crippen molar-refractivity contribution in [2.24, 2.45) is 0 Å². The number of hydrogen-bond donors (Lipinski definition) is 1. The van der Waals surface area contributed by atoms with Gasteiger partial charge in [0.25, 0.3) is 0 Å². The van der Waals surface area contributed by atoms with Crippen molar-refractivity contribution in [2.75, 3.05) is 38.7 Å². The van der Waals surface area contributed by atoms with Gasteiger partial charge in [0.1, 0.15) is 0 Å². The molecule has 0 radical (unpaired) electrons. The molecule has 1 unspecified atom stereocenters. The van der Waals surface area contributed by atoms with Crippen molar-refractivity contribution in [3.05, 3.63) is 41.1 Å². The van der Waals surface area contributed by atoms with Crippen LogP contribution in [0.5, 0.6) is 0 Å². The van der Waals surface area contributed by atoms with Crippen molar-refractivity contribution in [2.45, 2.75) is 24.9 Å². The van der Waals surface area contributed by atoms with E-state index in [0.29, 0.717) is 26.1 Å². The molecule has 1 aromatic carbocycles. The Morgan fingerprint density at radius 3 is 2.78 bits per heavy atom. The Labute approximate surface area is 143 Å². The third-order valence-corrected chi connectivity index (χ3v) is 4.96. The predicted octanol–water partition coefficient (Wildman–Crippen LogP) is 1.58. The smallest absolute Gasteiger partial charge is 0.240 e. The van der Waals surface area contributed by atoms with Gasteiger partial charge in [0, 0.05) is 25.7 Å². The summed E-state index contributed by atoms with van der Waals surface area (Å²) in [5.41, 5.74) is 1.14. The Kier molecular flexibility index (Phi) is 7.36. The van der Waals surface area contributed by atoms with Crippen molar-refractivity contribution < 1.29 is 4.79 Å². The molecule has 1 saturated heterocycles. The number of carbonyl (C=O) groups excluding carboxylic acids is 1. The second-order valence-electron chi connectivity index (χ2n) is 5.89. The third kappa shape index (κ3) is 5.21. The molecule has 1 amide bonds. The van der Waals surface area contributed by atoms with E-state index in [4.69, 9.17) is 0 Å². The predicted molar refractivity (Wildman–Crippen MR) is 96.4 cm³/mol. The van der Waals surface area contributed by atoms with Crippen molar-refractivity contribution in [1.82, 2.24) is 15.3 Å². The van der Waals surface area contributed by atoms with Gasteiger partial charge >= 0.3 is 0 Å². The van der Waals surface area contributed by atoms with E-state index in [1.165, 1.54) is 0 Å². The molecule has 128 valence electrons. The standard InChI is InChI=1S/C17H26N3O2S/c1-18-16(12-14-6-4-3-5-7-14)17(21)20-10-9-19(22)13-15(20)8-11-23-2/h3-7,15-16,18H,8-13H2,1-2H3/q-1/t15?,16-/m0/s1. The molecule has 1 aliphatic heterocycles. The Morgan fingerprint density at radius 2 is 2.13 bits per heavy atom. The number of thioether (sulfide) groups is 1. The van der Waals surface area contributed by atoms with Crippen LogP contribution in [0.3, 0.4) is 0 Å². The molecule has 0 saturated carbocycles. The van der Waals surface area contributed by atoms with E-state index in [9.17, 15) is 10.0 Å². The zero-order valence-electron chi connectivity index (χ0n) is 13.9. The summed E-state index contributed by atoms with van der Waals surface area (Å²) in [6, 6.07) is 9.82. The number of hydroxylamine groups is 2. The molecule has 1 aliphatic rings. The van der Waals surface area contributed by atoms with Gasteiger partial charge in [-0.3, -0.25) is 4.79 Å². The van der Waals surface area contributed by atoms with Crippen LogP contribution in [0.15, 0.2) is 30.3 Å². The highest BCUT2D eigenvalue weighted by atomic mass is 32.2. The lowest BCUT2D eigenvalue weighted by molar-refractivity contribution is -0.137. The Hall–Kier alpha value is -1.08. The zero-order chi connectivity index (χ0) is 16.7. The van der Waals surface area contributed by atoms with Gasteiger partial charge in [-0.25, -0.2) is 0 Å². The van der Waals surface area contributed by atoms with E-state index < -0.39 is 0 Å². The third-order valence-electron chi connectivity index (χ3n) is 4.31. The van der Waals surface area contributed by atoms with E-state index in [0.717, 1.165) is 22.8 Å². The molecule has 0 aromatic heterocycles. The quantitative estimate of drug-likeness (QED) is 0.819. The first kappa shape index (κ1) is 18.3. The zero-order valence-corrected chi connectivity index (χ0v) is 14.7. The van der Waals surface area contributed by atoms with Crippen molar-refractivity contribution in [1.29, 1.82) is 0 Å². The number of likely N-dealkylation sites (N-methyl/N-ethyl adjacent to an activating group) is 1. The number of piperazine rings is 1. The first-order chi connectivity index (χ1) is 11.2. The molecule has 0 aliphatic carbocycles. The summed E-state index contributed by atoms with van der Waals surface area (Å²) >= 11 is 1.75. The van der Waals surface area contributed by atoms with Crippen LogP contribution in [0.1, 0.15) is 12.0 Å². The van der Waals surface area contributed by atoms with Crippen LogP contribution >= 0.6 is 11.8 Å². The lowest BCUT2D eigenvalue weighted by atomic mass is 10.0. The number of nitrogens with zero attached hydrogens (tertiary/aromatic N) is 2. The number of amides is 1. The molecule has 1 fully saturated rings. The molecule has 6 heteroatoms. The van der Waals surface area contributed by atoms with Gasteiger partial charge in [0.15, 0.2) is 0 Å². The molecule has 5 nitrogen and oxygen atoms in total. The number of carbonyl (C=O) groups is 1. The van der Waals surface area contributed by atoms with Gasteiger partial charge in [0.05, 0.1) is 6.04 Å². The first-order valence-corrected chi connectivity index (χ1v) is 9.47. The molecule has 2 atom stereocenters. The topological polar surface area (TPSA) is 58.6 Å². The summed E-state index contributed by atoms with van der Waals surface area (Å²) in [6.07, 6.45) is 3.59. The molecule has 1 aromatic rings. The minimum atomic E-state index is -0.243. The van der Waals surface area contributed by atoms with Gasteiger partial charge < -0.3 is 20.5 Å². The van der Waals surface area contributed by atoms with Crippen molar-refractivity contribution >= 4 is 17.7 Å². The molecule has 0 spiro atoms. The summed E-state index contributed by atoms with van der Waals surface area (Å²) in [7, 11) is 1.83. The van der Waals surface area contributed by atoms with Gasteiger partial charge in [0.2, 0.25) is 5.91 Å². The highest BCUT2D eigenvalue weighted by Gasteiger charge is 2.31. The fourth-order valence-corrected chi connectivity index (χ4v) is 3.49. The Balaban J connectivity index is 2.04. The lowest BCUT2D eigenvalue weighted by Crippen LogP contribution is -2.58. The SMILES string of the molecule is CN[C@@H](Cc1ccccc1)C(=O)N1CCN([O-])CC1CCSC. The van der Waals surface area contributed by atoms with E-state index in [-0.39, 0.29) is 18.0 Å². The molecule has 1 N–H and O–H groups in total. The average Bonchev–Trinajstić information content (AvgIpc) is 2.58. The second kappa shape index (κ2) is 9.27. The Bertz CT molecular complexity index is 486. The summed E-state index contributed by atoms with van der Waals surface area (Å²) < 4.78 is 0. The van der Waals surface area contributed by atoms with Gasteiger partial charge in [-0.1, -0.05) is 30.3 Å². The van der Waals surface area contributed by atoms with Gasteiger partial charge in [-0.15, -0.1) is 0 Å². The maximum Gasteiger partial charge on any atom is 0.240 e. The average molecular weight is 336 g/mol. The largest absolute Gasteiger partial charge is 0.785 e. The number of hydrogen-bond acceptors (Lipinski definition) is 5. The van der Waals surface area contributed by atoms with Gasteiger partial charge in [-0.05, 0) is 37.5 Å². The van der Waals surface area contributed by atoms with Crippen LogP contribution in [0.25, 0.3) is 0 Å². The van der Waals surface area contributed by atoms with Gasteiger partial charge in [-0.2, -0.15) is 11.8 Å². The fourth-order valence-electron chi connectivity index (χ4n) is 2.98. The first-order valence-electron chi connectivity index (χ1n) is 8.08. The van der Waals surface area contributed by atoms with Crippen molar-refractivity contribution in [3.8, 4) is 0 Å². The summed E-state index contributed by atoms with van der Waals surface area (Å²) in [5.74, 6) is 1.07. The molecule has 23 heavy (non-hydrogen) atoms. The van der Waals surface area contributed by atoms with Crippen LogP contribution in [-0.2, 0) is 11.2 Å². The monoisotopic (exact) mass is 336 g/mol. The van der Waals surface area contributed by atoms with E-state index in [1.54, 1.807) is 11.8 Å². The highest BCUT2D eigenvalue weighted by molar-refractivity contribution is 7.98. The lowest BCUT2D eigenvalue weighted by Gasteiger charge is -2.45. The number of benzene rings is 1. The number of nitrogens with one attached hydrogen (secondary N) is 1. The van der Waals surface area contributed by atoms with Crippen LogP contribution in [0, 0.1) is 5.21 Å². The van der Waals surface area contributed by atoms with Crippen LogP contribution in [-0.4, -0.2) is 66.6 Å². The summed E-state index contributed by atoms with van der Waals surface area (Å²) in [5, 5.41) is 15.9. The molecule has 1 heterocycles.